The van der Waals surface area contributed by atoms with Crippen LogP contribution >= 0.6 is 0 Å². The molecule has 76 valence electrons. The van der Waals surface area contributed by atoms with Crippen LogP contribution in [0.3, 0.4) is 0 Å². The molecule has 0 aliphatic carbocycles. The summed E-state index contributed by atoms with van der Waals surface area (Å²) in [5.41, 5.74) is 2.49. The maximum absolute atomic E-state index is 5.83. The summed E-state index contributed by atoms with van der Waals surface area (Å²) in [5, 5.41) is 0. The first-order valence-electron chi connectivity index (χ1n) is 4.91. The zero-order valence-electron chi connectivity index (χ0n) is 8.96. The normalized spacial score (nSPS) is 17.6. The van der Waals surface area contributed by atoms with E-state index in [1.807, 2.05) is 12.1 Å². The third kappa shape index (κ3) is 1.62. The smallest absolute Gasteiger partial charge is 0.123 e. The SMILES string of the molecule is COCc1cccc2c1CC(C)(C)O2. The summed E-state index contributed by atoms with van der Waals surface area (Å²) in [4.78, 5) is 0. The number of fused-ring (bicyclic) bond motifs is 1. The van der Waals surface area contributed by atoms with E-state index in [0.717, 1.165) is 12.2 Å². The highest BCUT2D eigenvalue weighted by Gasteiger charge is 2.31. The standard InChI is InChI=1S/C12H16O2/c1-12(2)7-10-9(8-13-3)5-4-6-11(10)14-12/h4-6H,7-8H2,1-3H3. The fourth-order valence-corrected chi connectivity index (χ4v) is 1.96. The van der Waals surface area contributed by atoms with Crippen molar-refractivity contribution in [1.29, 1.82) is 0 Å². The van der Waals surface area contributed by atoms with E-state index in [0.29, 0.717) is 6.61 Å². The number of methoxy groups -OCH3 is 1. The van der Waals surface area contributed by atoms with Crippen molar-refractivity contribution in [2.45, 2.75) is 32.5 Å². The second-order valence-electron chi connectivity index (χ2n) is 4.37. The van der Waals surface area contributed by atoms with Crippen molar-refractivity contribution in [3.8, 4) is 5.75 Å². The molecule has 0 saturated carbocycles. The Kier molecular flexibility index (Phi) is 2.23. The molecular formula is C12H16O2. The Morgan fingerprint density at radius 1 is 1.43 bits per heavy atom. The van der Waals surface area contributed by atoms with Gasteiger partial charge in [0.1, 0.15) is 11.4 Å². The van der Waals surface area contributed by atoms with Gasteiger partial charge in [-0.25, -0.2) is 0 Å². The highest BCUT2D eigenvalue weighted by molar-refractivity contribution is 5.44. The first kappa shape index (κ1) is 9.53. The molecule has 2 rings (SSSR count). The van der Waals surface area contributed by atoms with Crippen LogP contribution in [0.1, 0.15) is 25.0 Å². The van der Waals surface area contributed by atoms with Crippen LogP contribution in [0.4, 0.5) is 0 Å². The quantitative estimate of drug-likeness (QED) is 0.717. The summed E-state index contributed by atoms with van der Waals surface area (Å²) in [7, 11) is 1.72. The van der Waals surface area contributed by atoms with Gasteiger partial charge in [-0.15, -0.1) is 0 Å². The van der Waals surface area contributed by atoms with Crippen LogP contribution in [-0.4, -0.2) is 12.7 Å². The van der Waals surface area contributed by atoms with E-state index in [4.69, 9.17) is 9.47 Å². The molecule has 0 bridgehead atoms. The van der Waals surface area contributed by atoms with Crippen molar-refractivity contribution in [3.05, 3.63) is 29.3 Å². The lowest BCUT2D eigenvalue weighted by Gasteiger charge is -2.16. The molecule has 1 aromatic carbocycles. The number of hydrogen-bond donors (Lipinski definition) is 0. The Balaban J connectivity index is 2.36. The van der Waals surface area contributed by atoms with Gasteiger partial charge in [-0.05, 0) is 25.5 Å². The van der Waals surface area contributed by atoms with E-state index in [2.05, 4.69) is 19.9 Å². The van der Waals surface area contributed by atoms with E-state index in [1.165, 1.54) is 11.1 Å². The van der Waals surface area contributed by atoms with Gasteiger partial charge in [0.25, 0.3) is 0 Å². The van der Waals surface area contributed by atoms with E-state index >= 15 is 0 Å². The van der Waals surface area contributed by atoms with E-state index in [9.17, 15) is 0 Å². The van der Waals surface area contributed by atoms with Crippen LogP contribution in [0.15, 0.2) is 18.2 Å². The fourth-order valence-electron chi connectivity index (χ4n) is 1.96. The molecule has 0 atom stereocenters. The largest absolute Gasteiger partial charge is 0.487 e. The van der Waals surface area contributed by atoms with Gasteiger partial charge < -0.3 is 9.47 Å². The van der Waals surface area contributed by atoms with Crippen LogP contribution in [0, 0.1) is 0 Å². The predicted molar refractivity (Wildman–Crippen MR) is 55.6 cm³/mol. The third-order valence-electron chi connectivity index (χ3n) is 2.52. The molecule has 2 heteroatoms. The molecule has 0 aromatic heterocycles. The number of ether oxygens (including phenoxy) is 2. The topological polar surface area (TPSA) is 18.5 Å². The van der Waals surface area contributed by atoms with Gasteiger partial charge in [-0.2, -0.15) is 0 Å². The molecule has 1 aliphatic rings. The Morgan fingerprint density at radius 2 is 2.21 bits per heavy atom. The number of benzene rings is 1. The average Bonchev–Trinajstić information content (AvgIpc) is 2.41. The lowest BCUT2D eigenvalue weighted by molar-refractivity contribution is 0.138. The van der Waals surface area contributed by atoms with Gasteiger partial charge >= 0.3 is 0 Å². The Labute approximate surface area is 84.8 Å². The first-order valence-corrected chi connectivity index (χ1v) is 4.91. The van der Waals surface area contributed by atoms with Crippen LogP contribution < -0.4 is 4.74 Å². The molecule has 1 aromatic rings. The lowest BCUT2D eigenvalue weighted by atomic mass is 9.98. The van der Waals surface area contributed by atoms with E-state index in [1.54, 1.807) is 7.11 Å². The fraction of sp³-hybridized carbons (Fsp3) is 0.500. The molecule has 0 fully saturated rings. The summed E-state index contributed by atoms with van der Waals surface area (Å²) in [6.07, 6.45) is 0.974. The van der Waals surface area contributed by atoms with Crippen molar-refractivity contribution in [2.24, 2.45) is 0 Å². The highest BCUT2D eigenvalue weighted by Crippen LogP contribution is 2.36. The third-order valence-corrected chi connectivity index (χ3v) is 2.52. The minimum Gasteiger partial charge on any atom is -0.487 e. The van der Waals surface area contributed by atoms with Crippen molar-refractivity contribution in [2.75, 3.05) is 7.11 Å². The zero-order valence-corrected chi connectivity index (χ0v) is 8.96. The Bertz CT molecular complexity index is 342. The van der Waals surface area contributed by atoms with Gasteiger partial charge in [-0.3, -0.25) is 0 Å². The van der Waals surface area contributed by atoms with Crippen LogP contribution in [0.5, 0.6) is 5.75 Å². The summed E-state index contributed by atoms with van der Waals surface area (Å²) < 4.78 is 11.0. The van der Waals surface area contributed by atoms with Gasteiger partial charge in [-0.1, -0.05) is 12.1 Å². The van der Waals surface area contributed by atoms with Gasteiger partial charge in [0.2, 0.25) is 0 Å². The van der Waals surface area contributed by atoms with E-state index in [-0.39, 0.29) is 5.60 Å². The molecule has 1 heterocycles. The molecule has 0 spiro atoms. The average molecular weight is 192 g/mol. The van der Waals surface area contributed by atoms with Crippen LogP contribution in [-0.2, 0) is 17.8 Å². The second-order valence-corrected chi connectivity index (χ2v) is 4.37. The van der Waals surface area contributed by atoms with Gasteiger partial charge in [0, 0.05) is 19.1 Å². The van der Waals surface area contributed by atoms with Crippen molar-refractivity contribution < 1.29 is 9.47 Å². The van der Waals surface area contributed by atoms with Crippen LogP contribution in [0.2, 0.25) is 0 Å². The highest BCUT2D eigenvalue weighted by atomic mass is 16.5. The van der Waals surface area contributed by atoms with Crippen LogP contribution in [0.25, 0.3) is 0 Å². The Hall–Kier alpha value is -1.02. The molecule has 0 saturated heterocycles. The summed E-state index contributed by atoms with van der Waals surface area (Å²) in [6.45, 7) is 4.90. The molecule has 0 radical (unpaired) electrons. The predicted octanol–water partition coefficient (Wildman–Crippen LogP) is 2.55. The maximum atomic E-state index is 5.83. The molecule has 0 unspecified atom stereocenters. The number of rotatable bonds is 2. The molecule has 0 amide bonds. The van der Waals surface area contributed by atoms with Crippen molar-refractivity contribution in [1.82, 2.24) is 0 Å². The molecular weight excluding hydrogens is 176 g/mol. The number of hydrogen-bond acceptors (Lipinski definition) is 2. The zero-order chi connectivity index (χ0) is 10.2. The maximum Gasteiger partial charge on any atom is 0.123 e. The molecule has 14 heavy (non-hydrogen) atoms. The van der Waals surface area contributed by atoms with E-state index < -0.39 is 0 Å². The summed E-state index contributed by atoms with van der Waals surface area (Å²) in [5.74, 6) is 1.02. The molecule has 2 nitrogen and oxygen atoms in total. The first-order chi connectivity index (χ1) is 6.62. The second kappa shape index (κ2) is 3.28. The summed E-state index contributed by atoms with van der Waals surface area (Å²) in [6, 6.07) is 6.16. The molecule has 0 N–H and O–H groups in total. The van der Waals surface area contributed by atoms with Gasteiger partial charge in [0.15, 0.2) is 0 Å². The lowest BCUT2D eigenvalue weighted by Crippen LogP contribution is -2.24. The van der Waals surface area contributed by atoms with Crippen molar-refractivity contribution in [3.63, 3.8) is 0 Å². The minimum absolute atomic E-state index is 0.0633. The minimum atomic E-state index is -0.0633. The molecule has 1 aliphatic heterocycles. The van der Waals surface area contributed by atoms with Crippen molar-refractivity contribution >= 4 is 0 Å². The van der Waals surface area contributed by atoms with Gasteiger partial charge in [0.05, 0.1) is 6.61 Å². The Morgan fingerprint density at radius 3 is 2.93 bits per heavy atom. The monoisotopic (exact) mass is 192 g/mol. The summed E-state index contributed by atoms with van der Waals surface area (Å²) >= 11 is 0.